The van der Waals surface area contributed by atoms with E-state index in [1.54, 1.807) is 12.1 Å². The Morgan fingerprint density at radius 2 is 1.83 bits per heavy atom. The number of benzene rings is 1. The van der Waals surface area contributed by atoms with E-state index in [1.165, 1.54) is 12.8 Å². The molecule has 2 saturated carbocycles. The molecular formula is C18H22Cl2N2O. The van der Waals surface area contributed by atoms with E-state index >= 15 is 0 Å². The van der Waals surface area contributed by atoms with Crippen LogP contribution in [0.3, 0.4) is 0 Å². The van der Waals surface area contributed by atoms with Crippen molar-refractivity contribution in [3.8, 4) is 0 Å². The Balaban J connectivity index is 1.64. The minimum absolute atomic E-state index is 0.0532. The largest absolute Gasteiger partial charge is 0.331 e. The highest BCUT2D eigenvalue weighted by Crippen LogP contribution is 2.49. The molecule has 0 bridgehead atoms. The zero-order valence-electron chi connectivity index (χ0n) is 13.1. The number of nitrogens with zero attached hydrogens (tertiary/aromatic N) is 1. The van der Waals surface area contributed by atoms with E-state index in [0.717, 1.165) is 44.2 Å². The molecular weight excluding hydrogens is 331 g/mol. The predicted octanol–water partition coefficient (Wildman–Crippen LogP) is 3.99. The Labute approximate surface area is 147 Å². The van der Waals surface area contributed by atoms with Gasteiger partial charge in [0.05, 0.1) is 15.6 Å². The van der Waals surface area contributed by atoms with Gasteiger partial charge in [-0.05, 0) is 62.6 Å². The van der Waals surface area contributed by atoms with Gasteiger partial charge in [0.25, 0.3) is 5.91 Å². The predicted molar refractivity (Wildman–Crippen MR) is 93.1 cm³/mol. The molecule has 1 amide bonds. The minimum Gasteiger partial charge on any atom is -0.331 e. The van der Waals surface area contributed by atoms with Crippen molar-refractivity contribution >= 4 is 29.1 Å². The SMILES string of the molecule is O=C(c1cccc(Cl)c1Cl)N(C1CCNC1)C1CC2CCC2C1. The van der Waals surface area contributed by atoms with Gasteiger partial charge in [0.1, 0.15) is 0 Å². The lowest BCUT2D eigenvalue weighted by molar-refractivity contribution is 0.0590. The Kier molecular flexibility index (Phi) is 4.29. The topological polar surface area (TPSA) is 32.3 Å². The normalized spacial score (nSPS) is 32.4. The average molecular weight is 353 g/mol. The number of hydrogen-bond donors (Lipinski definition) is 1. The van der Waals surface area contributed by atoms with Gasteiger partial charge in [-0.2, -0.15) is 0 Å². The second-order valence-corrected chi connectivity index (χ2v) is 7.97. The van der Waals surface area contributed by atoms with Crippen LogP contribution in [-0.2, 0) is 0 Å². The number of rotatable bonds is 3. The van der Waals surface area contributed by atoms with E-state index in [9.17, 15) is 4.79 Å². The van der Waals surface area contributed by atoms with Crippen molar-refractivity contribution in [2.24, 2.45) is 11.8 Å². The first kappa shape index (κ1) is 15.7. The van der Waals surface area contributed by atoms with Crippen LogP contribution in [-0.4, -0.2) is 36.0 Å². The van der Waals surface area contributed by atoms with E-state index in [4.69, 9.17) is 23.2 Å². The maximum atomic E-state index is 13.3. The molecule has 5 heteroatoms. The molecule has 23 heavy (non-hydrogen) atoms. The van der Waals surface area contributed by atoms with Crippen molar-refractivity contribution in [2.75, 3.05) is 13.1 Å². The van der Waals surface area contributed by atoms with Gasteiger partial charge in [0.15, 0.2) is 0 Å². The van der Waals surface area contributed by atoms with Crippen LogP contribution in [0.25, 0.3) is 0 Å². The number of halogens is 2. The third-order valence-corrected chi connectivity index (χ3v) is 6.78. The molecule has 1 aromatic rings. The first-order chi connectivity index (χ1) is 11.1. The molecule has 3 aliphatic rings. The lowest BCUT2D eigenvalue weighted by Gasteiger charge is -2.34. The summed E-state index contributed by atoms with van der Waals surface area (Å²) in [5.41, 5.74) is 0.547. The summed E-state index contributed by atoms with van der Waals surface area (Å²) in [5, 5.41) is 4.23. The van der Waals surface area contributed by atoms with Crippen LogP contribution >= 0.6 is 23.2 Å². The number of carbonyl (C=O) groups excluding carboxylic acids is 1. The zero-order chi connectivity index (χ0) is 16.0. The summed E-state index contributed by atoms with van der Waals surface area (Å²) in [6.45, 7) is 1.87. The molecule has 1 saturated heterocycles. The summed E-state index contributed by atoms with van der Waals surface area (Å²) in [7, 11) is 0. The Morgan fingerprint density at radius 1 is 1.09 bits per heavy atom. The zero-order valence-corrected chi connectivity index (χ0v) is 14.6. The van der Waals surface area contributed by atoms with E-state index in [2.05, 4.69) is 10.2 Å². The van der Waals surface area contributed by atoms with E-state index in [1.807, 2.05) is 6.07 Å². The first-order valence-corrected chi connectivity index (χ1v) is 9.38. The van der Waals surface area contributed by atoms with Gasteiger partial charge >= 0.3 is 0 Å². The van der Waals surface area contributed by atoms with Crippen molar-refractivity contribution in [3.63, 3.8) is 0 Å². The molecule has 0 aromatic heterocycles. The molecule has 3 atom stereocenters. The standard InChI is InChI=1S/C18H22Cl2N2O/c19-16-3-1-2-15(17(16)20)18(23)22(13-6-7-21-10-13)14-8-11-4-5-12(11)9-14/h1-3,11-14,21H,4-10H2. The van der Waals surface area contributed by atoms with Crippen molar-refractivity contribution < 1.29 is 4.79 Å². The molecule has 3 fully saturated rings. The van der Waals surface area contributed by atoms with Crippen molar-refractivity contribution in [1.82, 2.24) is 10.2 Å². The third kappa shape index (κ3) is 2.77. The highest BCUT2D eigenvalue weighted by molar-refractivity contribution is 6.43. The Bertz CT molecular complexity index is 603. The molecule has 3 unspecified atom stereocenters. The quantitative estimate of drug-likeness (QED) is 0.891. The van der Waals surface area contributed by atoms with E-state index < -0.39 is 0 Å². The van der Waals surface area contributed by atoms with Gasteiger partial charge in [0, 0.05) is 18.6 Å². The molecule has 1 heterocycles. The van der Waals surface area contributed by atoms with E-state index in [0.29, 0.717) is 21.7 Å². The number of carbonyl (C=O) groups is 1. The molecule has 1 aromatic carbocycles. The Morgan fingerprint density at radius 3 is 2.43 bits per heavy atom. The lowest BCUT2D eigenvalue weighted by Crippen LogP contribution is -2.47. The highest BCUT2D eigenvalue weighted by atomic mass is 35.5. The van der Waals surface area contributed by atoms with E-state index in [-0.39, 0.29) is 11.9 Å². The van der Waals surface area contributed by atoms with Crippen LogP contribution in [0.4, 0.5) is 0 Å². The number of fused-ring (bicyclic) bond motifs is 1. The lowest BCUT2D eigenvalue weighted by atomic mass is 9.77. The first-order valence-electron chi connectivity index (χ1n) is 8.62. The summed E-state index contributed by atoms with van der Waals surface area (Å²) < 4.78 is 0. The Hall–Kier alpha value is -0.770. The van der Waals surface area contributed by atoms with Gasteiger partial charge in [-0.15, -0.1) is 0 Å². The van der Waals surface area contributed by atoms with Gasteiger partial charge in [-0.3, -0.25) is 4.79 Å². The molecule has 0 radical (unpaired) electrons. The van der Waals surface area contributed by atoms with Crippen LogP contribution < -0.4 is 5.32 Å². The molecule has 3 nitrogen and oxygen atoms in total. The summed E-state index contributed by atoms with van der Waals surface area (Å²) in [5.74, 6) is 1.72. The van der Waals surface area contributed by atoms with Crippen LogP contribution in [0.1, 0.15) is 42.5 Å². The maximum Gasteiger partial charge on any atom is 0.255 e. The van der Waals surface area contributed by atoms with Crippen LogP contribution in [0.15, 0.2) is 18.2 Å². The smallest absolute Gasteiger partial charge is 0.255 e. The molecule has 1 aliphatic heterocycles. The maximum absolute atomic E-state index is 13.3. The van der Waals surface area contributed by atoms with Gasteiger partial charge in [0.2, 0.25) is 0 Å². The summed E-state index contributed by atoms with van der Waals surface area (Å²) in [6.07, 6.45) is 6.01. The molecule has 1 N–H and O–H groups in total. The van der Waals surface area contributed by atoms with Crippen molar-refractivity contribution in [3.05, 3.63) is 33.8 Å². The van der Waals surface area contributed by atoms with Crippen LogP contribution in [0, 0.1) is 11.8 Å². The van der Waals surface area contributed by atoms with Gasteiger partial charge in [-0.25, -0.2) is 0 Å². The summed E-state index contributed by atoms with van der Waals surface area (Å²) >= 11 is 12.4. The van der Waals surface area contributed by atoms with Crippen LogP contribution in [0.2, 0.25) is 10.0 Å². The molecule has 4 rings (SSSR count). The average Bonchev–Trinajstić information content (AvgIpc) is 3.13. The molecule has 124 valence electrons. The fraction of sp³-hybridized carbons (Fsp3) is 0.611. The second kappa shape index (κ2) is 6.27. The highest BCUT2D eigenvalue weighted by Gasteiger charge is 2.45. The number of hydrogen-bond acceptors (Lipinski definition) is 2. The van der Waals surface area contributed by atoms with Crippen molar-refractivity contribution in [2.45, 2.75) is 44.2 Å². The second-order valence-electron chi connectivity index (χ2n) is 7.18. The number of amides is 1. The fourth-order valence-corrected chi connectivity index (χ4v) is 4.98. The summed E-state index contributed by atoms with van der Waals surface area (Å²) in [4.78, 5) is 15.4. The minimum atomic E-state index is 0.0532. The third-order valence-electron chi connectivity index (χ3n) is 5.96. The van der Waals surface area contributed by atoms with Crippen molar-refractivity contribution in [1.29, 1.82) is 0 Å². The van der Waals surface area contributed by atoms with Gasteiger partial charge < -0.3 is 10.2 Å². The van der Waals surface area contributed by atoms with Gasteiger partial charge in [-0.1, -0.05) is 29.3 Å². The summed E-state index contributed by atoms with van der Waals surface area (Å²) in [6, 6.07) is 5.98. The molecule has 2 aliphatic carbocycles. The molecule has 0 spiro atoms. The van der Waals surface area contributed by atoms with Crippen LogP contribution in [0.5, 0.6) is 0 Å². The number of nitrogens with one attached hydrogen (secondary N) is 1. The fourth-order valence-electron chi connectivity index (χ4n) is 4.60. The monoisotopic (exact) mass is 352 g/mol.